The summed E-state index contributed by atoms with van der Waals surface area (Å²) < 4.78 is 0. The van der Waals surface area contributed by atoms with Crippen molar-refractivity contribution in [3.05, 3.63) is 0 Å². The van der Waals surface area contributed by atoms with Crippen molar-refractivity contribution in [3.63, 3.8) is 0 Å². The lowest BCUT2D eigenvalue weighted by molar-refractivity contribution is 0.535. The van der Waals surface area contributed by atoms with Crippen LogP contribution in [0.2, 0.25) is 0 Å². The lowest BCUT2D eigenvalue weighted by atomic mass is 10.0. The molecule has 0 nitrogen and oxygen atoms in total. The van der Waals surface area contributed by atoms with Gasteiger partial charge in [0, 0.05) is 5.25 Å². The van der Waals surface area contributed by atoms with Crippen LogP contribution in [-0.4, -0.2) is 5.25 Å². The van der Waals surface area contributed by atoms with Gasteiger partial charge in [0.2, 0.25) is 0 Å². The number of unbranched alkanes of at least 4 members (excludes halogenated alkanes) is 11. The van der Waals surface area contributed by atoms with E-state index in [4.69, 9.17) is 12.6 Å². The first kappa shape index (κ1) is 19.4. The van der Waals surface area contributed by atoms with E-state index in [9.17, 15) is 0 Å². The molecule has 1 heteroatoms. The zero-order valence-electron chi connectivity index (χ0n) is 13.6. The minimum absolute atomic E-state index is 0.554. The molecule has 0 aromatic carbocycles. The Morgan fingerprint density at radius 2 is 0.895 bits per heavy atom. The molecule has 0 amide bonds. The van der Waals surface area contributed by atoms with Crippen molar-refractivity contribution >= 4 is 12.6 Å². The zero-order valence-corrected chi connectivity index (χ0v) is 14.4. The van der Waals surface area contributed by atoms with Crippen LogP contribution >= 0.6 is 12.6 Å². The number of hydrogen-bond acceptors (Lipinski definition) is 0. The van der Waals surface area contributed by atoms with Crippen LogP contribution in [0.3, 0.4) is 0 Å². The normalized spacial score (nSPS) is 12.8. The third kappa shape index (κ3) is 16.3. The molecule has 0 spiro atoms. The summed E-state index contributed by atoms with van der Waals surface area (Å²) >= 11 is 5.47. The molecule has 0 aliphatic rings. The third-order valence-corrected chi connectivity index (χ3v) is 4.48. The Morgan fingerprint density at radius 3 is 1.37 bits per heavy atom. The maximum Gasteiger partial charge on any atom is 0.0151 e. The van der Waals surface area contributed by atoms with E-state index in [-0.39, 0.29) is 0 Å². The van der Waals surface area contributed by atoms with Crippen molar-refractivity contribution < 1.29 is 0 Å². The summed E-state index contributed by atoms with van der Waals surface area (Å²) in [7, 11) is 0. The summed E-state index contributed by atoms with van der Waals surface area (Å²) in [5, 5.41) is 0.554. The van der Waals surface area contributed by atoms with Gasteiger partial charge in [-0.2, -0.15) is 0 Å². The van der Waals surface area contributed by atoms with Crippen LogP contribution in [0, 0.1) is 0 Å². The summed E-state index contributed by atoms with van der Waals surface area (Å²) in [4.78, 5) is 0. The Labute approximate surface area is 128 Å². The molecule has 1 unspecified atom stereocenters. The monoisotopic (exact) mass is 285 g/mol. The average molecular weight is 286 g/mol. The molecule has 0 N–H and O–H groups in total. The van der Waals surface area contributed by atoms with Crippen molar-refractivity contribution in [1.82, 2.24) is 0 Å². The van der Waals surface area contributed by atoms with Crippen LogP contribution in [-0.2, 0) is 0 Å². The van der Waals surface area contributed by atoms with Gasteiger partial charge in [-0.05, 0) is 12.8 Å². The molecule has 1 atom stereocenters. The highest BCUT2D eigenvalue weighted by atomic mass is 32.1. The van der Waals surface area contributed by atoms with Crippen molar-refractivity contribution in [1.29, 1.82) is 0 Å². The second-order valence-electron chi connectivity index (χ2n) is 6.09. The standard InChI is InChI=1S/C18H37S/c1-3-5-7-8-9-10-11-12-13-14-15-17-18(19)16-6-4-2/h18H,3-17H2,1-2H3. The van der Waals surface area contributed by atoms with Gasteiger partial charge in [0.25, 0.3) is 0 Å². The Morgan fingerprint density at radius 1 is 0.526 bits per heavy atom. The predicted octanol–water partition coefficient (Wildman–Crippen LogP) is 7.44. The van der Waals surface area contributed by atoms with Crippen molar-refractivity contribution in [2.24, 2.45) is 0 Å². The molecule has 0 aliphatic heterocycles. The van der Waals surface area contributed by atoms with Crippen LogP contribution in [0.15, 0.2) is 0 Å². The van der Waals surface area contributed by atoms with E-state index in [1.54, 1.807) is 0 Å². The molecular formula is C18H37S. The maximum absolute atomic E-state index is 5.47. The molecule has 0 aromatic rings. The maximum atomic E-state index is 5.47. The molecule has 0 bridgehead atoms. The lowest BCUT2D eigenvalue weighted by Crippen LogP contribution is -1.98. The van der Waals surface area contributed by atoms with E-state index in [1.807, 2.05) is 0 Å². The van der Waals surface area contributed by atoms with Crippen LogP contribution in [0.5, 0.6) is 0 Å². The third-order valence-electron chi connectivity index (χ3n) is 4.01. The van der Waals surface area contributed by atoms with Gasteiger partial charge in [-0.15, -0.1) is 0 Å². The molecule has 0 aromatic heterocycles. The van der Waals surface area contributed by atoms with E-state index in [0.29, 0.717) is 5.25 Å². The molecule has 0 saturated carbocycles. The first-order valence-corrected chi connectivity index (χ1v) is 9.44. The van der Waals surface area contributed by atoms with Crippen molar-refractivity contribution in [2.45, 2.75) is 115 Å². The summed E-state index contributed by atoms with van der Waals surface area (Å²) in [5.41, 5.74) is 0. The molecule has 0 heterocycles. The molecule has 0 rings (SSSR count). The highest BCUT2D eigenvalue weighted by Gasteiger charge is 2.02. The summed E-state index contributed by atoms with van der Waals surface area (Å²) in [6.07, 6.45) is 20.9. The van der Waals surface area contributed by atoms with Gasteiger partial charge in [0.05, 0.1) is 0 Å². The fourth-order valence-electron chi connectivity index (χ4n) is 2.61. The molecule has 0 saturated heterocycles. The minimum Gasteiger partial charge on any atom is -0.0904 e. The minimum atomic E-state index is 0.554. The fraction of sp³-hybridized carbons (Fsp3) is 1.00. The van der Waals surface area contributed by atoms with Crippen LogP contribution < -0.4 is 0 Å². The van der Waals surface area contributed by atoms with Crippen molar-refractivity contribution in [3.8, 4) is 0 Å². The number of rotatable bonds is 15. The average Bonchev–Trinajstić information content (AvgIpc) is 2.42. The van der Waals surface area contributed by atoms with Crippen LogP contribution in [0.1, 0.15) is 110 Å². The van der Waals surface area contributed by atoms with Gasteiger partial charge in [0.1, 0.15) is 0 Å². The van der Waals surface area contributed by atoms with E-state index in [1.165, 1.54) is 96.3 Å². The Bertz CT molecular complexity index is 156. The van der Waals surface area contributed by atoms with E-state index in [0.717, 1.165) is 0 Å². The van der Waals surface area contributed by atoms with E-state index in [2.05, 4.69) is 13.8 Å². The molecule has 1 radical (unpaired) electrons. The van der Waals surface area contributed by atoms with Gasteiger partial charge >= 0.3 is 0 Å². The Kier molecular flexibility index (Phi) is 16.7. The fourth-order valence-corrected chi connectivity index (χ4v) is 2.95. The highest BCUT2D eigenvalue weighted by molar-refractivity contribution is 7.80. The summed E-state index contributed by atoms with van der Waals surface area (Å²) in [6, 6.07) is 0. The summed E-state index contributed by atoms with van der Waals surface area (Å²) in [6.45, 7) is 4.54. The molecule has 0 fully saturated rings. The molecule has 0 aliphatic carbocycles. The van der Waals surface area contributed by atoms with Crippen molar-refractivity contribution in [2.75, 3.05) is 0 Å². The van der Waals surface area contributed by atoms with E-state index >= 15 is 0 Å². The summed E-state index contributed by atoms with van der Waals surface area (Å²) in [5.74, 6) is 0. The van der Waals surface area contributed by atoms with Gasteiger partial charge in [-0.25, -0.2) is 0 Å². The van der Waals surface area contributed by atoms with Gasteiger partial charge in [0.15, 0.2) is 0 Å². The quantitative estimate of drug-likeness (QED) is 0.274. The largest absolute Gasteiger partial charge is 0.0904 e. The second-order valence-corrected chi connectivity index (χ2v) is 6.76. The molecule has 115 valence electrons. The zero-order chi connectivity index (χ0) is 14.2. The molecular weight excluding hydrogens is 248 g/mol. The van der Waals surface area contributed by atoms with Gasteiger partial charge < -0.3 is 0 Å². The smallest absolute Gasteiger partial charge is 0.0151 e. The first-order chi connectivity index (χ1) is 9.31. The highest BCUT2D eigenvalue weighted by Crippen LogP contribution is 2.16. The first-order valence-electron chi connectivity index (χ1n) is 8.97. The predicted molar refractivity (Wildman–Crippen MR) is 92.0 cm³/mol. The molecule has 19 heavy (non-hydrogen) atoms. The SMILES string of the molecule is CCCCCCCCCCCCCC([S])CCCC. The lowest BCUT2D eigenvalue weighted by Gasteiger charge is -2.08. The Hall–Kier alpha value is 0.350. The Balaban J connectivity index is 3.02. The van der Waals surface area contributed by atoms with Gasteiger partial charge in [-0.1, -0.05) is 110 Å². The van der Waals surface area contributed by atoms with Crippen LogP contribution in [0.25, 0.3) is 0 Å². The van der Waals surface area contributed by atoms with Gasteiger partial charge in [-0.3, -0.25) is 0 Å². The number of hydrogen-bond donors (Lipinski definition) is 0. The van der Waals surface area contributed by atoms with E-state index < -0.39 is 0 Å². The van der Waals surface area contributed by atoms with Crippen LogP contribution in [0.4, 0.5) is 0 Å². The second kappa shape index (κ2) is 16.4. The topological polar surface area (TPSA) is 0 Å².